The van der Waals surface area contributed by atoms with Gasteiger partial charge in [0, 0.05) is 22.0 Å². The van der Waals surface area contributed by atoms with Crippen molar-refractivity contribution in [2.45, 2.75) is 40.3 Å². The van der Waals surface area contributed by atoms with Crippen LogP contribution in [0, 0.1) is 12.8 Å². The molecular formula is C23H28Br2N2O3. The summed E-state index contributed by atoms with van der Waals surface area (Å²) >= 11 is 6.88. The van der Waals surface area contributed by atoms with E-state index in [2.05, 4.69) is 37.2 Å². The van der Waals surface area contributed by atoms with E-state index in [1.54, 1.807) is 11.8 Å². The SMILES string of the molecule is Cc1cc(OCC(=O)N(Cc2ccc(Br)cc2)[C@H](C)C(=O)NCC(C)C)ccc1Br. The number of nitrogens with one attached hydrogen (secondary N) is 1. The largest absolute Gasteiger partial charge is 0.484 e. The third kappa shape index (κ3) is 7.43. The maximum atomic E-state index is 13.0. The molecule has 0 fully saturated rings. The van der Waals surface area contributed by atoms with Crippen molar-refractivity contribution >= 4 is 43.7 Å². The van der Waals surface area contributed by atoms with E-state index in [1.807, 2.05) is 63.2 Å². The van der Waals surface area contributed by atoms with Crippen LogP contribution < -0.4 is 10.1 Å². The topological polar surface area (TPSA) is 58.6 Å². The van der Waals surface area contributed by atoms with Gasteiger partial charge in [-0.25, -0.2) is 0 Å². The molecule has 0 spiro atoms. The molecule has 0 saturated carbocycles. The third-order valence-corrected chi connectivity index (χ3v) is 6.03. The predicted octanol–water partition coefficient (Wildman–Crippen LogP) is 5.09. The fourth-order valence-electron chi connectivity index (χ4n) is 2.76. The van der Waals surface area contributed by atoms with Crippen LogP contribution >= 0.6 is 31.9 Å². The maximum Gasteiger partial charge on any atom is 0.261 e. The average molecular weight is 540 g/mol. The molecule has 2 amide bonds. The van der Waals surface area contributed by atoms with Gasteiger partial charge in [-0.15, -0.1) is 0 Å². The minimum absolute atomic E-state index is 0.139. The summed E-state index contributed by atoms with van der Waals surface area (Å²) in [6.45, 7) is 8.52. The molecule has 0 aliphatic heterocycles. The zero-order valence-electron chi connectivity index (χ0n) is 17.7. The Labute approximate surface area is 195 Å². The first kappa shape index (κ1) is 24.4. The first-order chi connectivity index (χ1) is 14.2. The van der Waals surface area contributed by atoms with Gasteiger partial charge in [-0.1, -0.05) is 57.8 Å². The molecule has 0 bridgehead atoms. The molecule has 0 unspecified atom stereocenters. The van der Waals surface area contributed by atoms with Gasteiger partial charge in [-0.3, -0.25) is 9.59 Å². The molecule has 2 aromatic carbocycles. The van der Waals surface area contributed by atoms with Crippen molar-refractivity contribution in [1.29, 1.82) is 0 Å². The smallest absolute Gasteiger partial charge is 0.261 e. The van der Waals surface area contributed by atoms with Crippen molar-refractivity contribution in [3.05, 3.63) is 62.5 Å². The van der Waals surface area contributed by atoms with Crippen molar-refractivity contribution in [3.63, 3.8) is 0 Å². The molecule has 162 valence electrons. The van der Waals surface area contributed by atoms with Crippen LogP contribution in [0.4, 0.5) is 0 Å². The van der Waals surface area contributed by atoms with Gasteiger partial charge in [-0.2, -0.15) is 0 Å². The highest BCUT2D eigenvalue weighted by atomic mass is 79.9. The summed E-state index contributed by atoms with van der Waals surface area (Å²) < 4.78 is 7.66. The molecular weight excluding hydrogens is 512 g/mol. The highest BCUT2D eigenvalue weighted by Crippen LogP contribution is 2.22. The standard InChI is InChI=1S/C23H28Br2N2O3/c1-15(2)12-26-23(29)17(4)27(13-18-5-7-19(24)8-6-18)22(28)14-30-20-9-10-21(25)16(3)11-20/h5-11,15,17H,12-14H2,1-4H3,(H,26,29)/t17-/m1/s1. The van der Waals surface area contributed by atoms with Gasteiger partial charge >= 0.3 is 0 Å². The van der Waals surface area contributed by atoms with Crippen molar-refractivity contribution in [2.75, 3.05) is 13.2 Å². The third-order valence-electron chi connectivity index (χ3n) is 4.61. The lowest BCUT2D eigenvalue weighted by Crippen LogP contribution is -2.49. The minimum atomic E-state index is -0.616. The monoisotopic (exact) mass is 538 g/mol. The summed E-state index contributed by atoms with van der Waals surface area (Å²) in [5.74, 6) is 0.532. The van der Waals surface area contributed by atoms with Gasteiger partial charge in [0.25, 0.3) is 5.91 Å². The van der Waals surface area contributed by atoms with Crippen LogP contribution in [0.2, 0.25) is 0 Å². The molecule has 0 radical (unpaired) electrons. The lowest BCUT2D eigenvalue weighted by molar-refractivity contribution is -0.142. The number of amides is 2. The number of rotatable bonds is 9. The molecule has 5 nitrogen and oxygen atoms in total. The van der Waals surface area contributed by atoms with Crippen LogP contribution in [0.3, 0.4) is 0 Å². The summed E-state index contributed by atoms with van der Waals surface area (Å²) in [7, 11) is 0. The van der Waals surface area contributed by atoms with Crippen LogP contribution in [-0.4, -0.2) is 35.9 Å². The van der Waals surface area contributed by atoms with Gasteiger partial charge in [0.1, 0.15) is 11.8 Å². The zero-order chi connectivity index (χ0) is 22.3. The van der Waals surface area contributed by atoms with E-state index in [-0.39, 0.29) is 18.4 Å². The summed E-state index contributed by atoms with van der Waals surface area (Å²) in [4.78, 5) is 27.2. The number of benzene rings is 2. The lowest BCUT2D eigenvalue weighted by Gasteiger charge is -2.29. The molecule has 2 rings (SSSR count). The normalized spacial score (nSPS) is 11.8. The van der Waals surface area contributed by atoms with Gasteiger partial charge in [0.05, 0.1) is 0 Å². The minimum Gasteiger partial charge on any atom is -0.484 e. The number of aryl methyl sites for hydroxylation is 1. The van der Waals surface area contributed by atoms with Crippen molar-refractivity contribution < 1.29 is 14.3 Å². The summed E-state index contributed by atoms with van der Waals surface area (Å²) in [5, 5.41) is 2.91. The van der Waals surface area contributed by atoms with Gasteiger partial charge in [0.15, 0.2) is 6.61 Å². The van der Waals surface area contributed by atoms with Crippen molar-refractivity contribution in [1.82, 2.24) is 10.2 Å². The Morgan fingerprint density at radius 2 is 1.73 bits per heavy atom. The average Bonchev–Trinajstić information content (AvgIpc) is 2.71. The van der Waals surface area contributed by atoms with Crippen LogP contribution in [0.5, 0.6) is 5.75 Å². The van der Waals surface area contributed by atoms with Crippen LogP contribution in [-0.2, 0) is 16.1 Å². The highest BCUT2D eigenvalue weighted by Gasteiger charge is 2.26. The van der Waals surface area contributed by atoms with E-state index in [1.165, 1.54) is 0 Å². The number of ether oxygens (including phenoxy) is 1. The molecule has 1 atom stereocenters. The Bertz CT molecular complexity index is 869. The number of halogens is 2. The molecule has 0 aromatic heterocycles. The van der Waals surface area contributed by atoms with E-state index in [0.717, 1.165) is 20.1 Å². The summed E-state index contributed by atoms with van der Waals surface area (Å²) in [6.07, 6.45) is 0. The number of carbonyl (C=O) groups excluding carboxylic acids is 2. The van der Waals surface area contributed by atoms with Crippen molar-refractivity contribution in [2.24, 2.45) is 5.92 Å². The van der Waals surface area contributed by atoms with Crippen LogP contribution in [0.15, 0.2) is 51.4 Å². The predicted molar refractivity (Wildman–Crippen MR) is 126 cm³/mol. The second-order valence-corrected chi connectivity index (χ2v) is 9.43. The van der Waals surface area contributed by atoms with Crippen LogP contribution in [0.25, 0.3) is 0 Å². The van der Waals surface area contributed by atoms with Gasteiger partial charge < -0.3 is 15.0 Å². The quantitative estimate of drug-likeness (QED) is 0.483. The van der Waals surface area contributed by atoms with E-state index >= 15 is 0 Å². The molecule has 0 heterocycles. The molecule has 2 aromatic rings. The number of nitrogens with zero attached hydrogens (tertiary/aromatic N) is 1. The zero-order valence-corrected chi connectivity index (χ0v) is 20.9. The van der Waals surface area contributed by atoms with E-state index in [0.29, 0.717) is 24.8 Å². The van der Waals surface area contributed by atoms with Gasteiger partial charge in [-0.05, 0) is 61.2 Å². The second-order valence-electron chi connectivity index (χ2n) is 7.66. The van der Waals surface area contributed by atoms with E-state index in [4.69, 9.17) is 4.74 Å². The molecule has 0 aliphatic carbocycles. The first-order valence-electron chi connectivity index (χ1n) is 9.88. The molecule has 7 heteroatoms. The molecule has 0 saturated heterocycles. The summed E-state index contributed by atoms with van der Waals surface area (Å²) in [6, 6.07) is 12.7. The van der Waals surface area contributed by atoms with Gasteiger partial charge in [0.2, 0.25) is 5.91 Å². The van der Waals surface area contributed by atoms with E-state index in [9.17, 15) is 9.59 Å². The number of hydrogen-bond donors (Lipinski definition) is 1. The number of carbonyl (C=O) groups is 2. The second kappa shape index (κ2) is 11.5. The first-order valence-corrected chi connectivity index (χ1v) is 11.5. The van der Waals surface area contributed by atoms with Crippen LogP contribution in [0.1, 0.15) is 31.9 Å². The molecule has 0 aliphatic rings. The fraction of sp³-hybridized carbons (Fsp3) is 0.391. The Hall–Kier alpha value is -1.86. The Morgan fingerprint density at radius 3 is 2.33 bits per heavy atom. The number of hydrogen-bond acceptors (Lipinski definition) is 3. The molecule has 30 heavy (non-hydrogen) atoms. The fourth-order valence-corrected chi connectivity index (χ4v) is 3.27. The lowest BCUT2D eigenvalue weighted by atomic mass is 10.1. The Kier molecular flexibility index (Phi) is 9.37. The molecule has 1 N–H and O–H groups in total. The Morgan fingerprint density at radius 1 is 1.07 bits per heavy atom. The Balaban J connectivity index is 2.13. The highest BCUT2D eigenvalue weighted by molar-refractivity contribution is 9.10. The van der Waals surface area contributed by atoms with E-state index < -0.39 is 6.04 Å². The van der Waals surface area contributed by atoms with Crippen molar-refractivity contribution in [3.8, 4) is 5.75 Å². The summed E-state index contributed by atoms with van der Waals surface area (Å²) in [5.41, 5.74) is 1.96. The maximum absolute atomic E-state index is 13.0.